The van der Waals surface area contributed by atoms with Crippen LogP contribution in [-0.2, 0) is 17.9 Å². The number of aliphatic hydroxyl groups excluding tert-OH is 1. The number of rotatable bonds is 8. The molecule has 1 fully saturated rings. The normalized spacial score (nSPS) is 15.7. The summed E-state index contributed by atoms with van der Waals surface area (Å²) in [6.45, 7) is 5.00. The second kappa shape index (κ2) is 11.1. The molecule has 0 saturated carbocycles. The molecule has 172 valence electrons. The molecule has 0 aliphatic carbocycles. The Morgan fingerprint density at radius 3 is 2.21 bits per heavy atom. The molecule has 0 aromatic heterocycles. The quantitative estimate of drug-likeness (QED) is 0.541. The first-order valence-corrected chi connectivity index (χ1v) is 11.6. The van der Waals surface area contributed by atoms with E-state index in [1.54, 1.807) is 6.92 Å². The van der Waals surface area contributed by atoms with Crippen LogP contribution >= 0.6 is 0 Å². The molecule has 0 spiro atoms. The molecule has 5 heteroatoms. The number of hydrogen-bond donors (Lipinski definition) is 2. The van der Waals surface area contributed by atoms with Crippen molar-refractivity contribution < 1.29 is 14.6 Å². The van der Waals surface area contributed by atoms with Crippen molar-refractivity contribution in [3.63, 3.8) is 0 Å². The van der Waals surface area contributed by atoms with E-state index < -0.39 is 6.10 Å². The number of nitrogens with zero attached hydrogens (tertiary/aromatic N) is 1. The highest BCUT2D eigenvalue weighted by atomic mass is 16.5. The minimum Gasteiger partial charge on any atom is -0.481 e. The van der Waals surface area contributed by atoms with Crippen molar-refractivity contribution in [3.05, 3.63) is 90.0 Å². The van der Waals surface area contributed by atoms with Crippen molar-refractivity contribution in [2.45, 2.75) is 45.1 Å². The number of amides is 1. The van der Waals surface area contributed by atoms with Gasteiger partial charge in [0.2, 0.25) is 0 Å². The maximum Gasteiger partial charge on any atom is 0.261 e. The molecule has 1 unspecified atom stereocenters. The van der Waals surface area contributed by atoms with Gasteiger partial charge in [-0.25, -0.2) is 0 Å². The Morgan fingerprint density at radius 1 is 0.939 bits per heavy atom. The van der Waals surface area contributed by atoms with Crippen LogP contribution in [0.4, 0.5) is 0 Å². The van der Waals surface area contributed by atoms with Crippen LogP contribution in [0.3, 0.4) is 0 Å². The number of aliphatic hydroxyl groups is 1. The molecule has 1 aliphatic rings. The van der Waals surface area contributed by atoms with Crippen molar-refractivity contribution in [2.75, 3.05) is 13.1 Å². The van der Waals surface area contributed by atoms with Crippen LogP contribution in [0.1, 0.15) is 30.9 Å². The average Bonchev–Trinajstić information content (AvgIpc) is 2.86. The number of hydrogen-bond acceptors (Lipinski definition) is 4. The number of piperidine rings is 1. The van der Waals surface area contributed by atoms with Gasteiger partial charge in [-0.05, 0) is 54.2 Å². The zero-order valence-corrected chi connectivity index (χ0v) is 19.1. The second-order valence-corrected chi connectivity index (χ2v) is 8.69. The predicted octanol–water partition coefficient (Wildman–Crippen LogP) is 4.39. The van der Waals surface area contributed by atoms with E-state index in [0.717, 1.165) is 49.2 Å². The molecular formula is C28H32N2O3. The van der Waals surface area contributed by atoms with Crippen LogP contribution in [0.2, 0.25) is 0 Å². The highest BCUT2D eigenvalue weighted by molar-refractivity contribution is 5.80. The van der Waals surface area contributed by atoms with Gasteiger partial charge in [0.1, 0.15) is 5.75 Å². The number of ether oxygens (including phenoxy) is 1. The average molecular weight is 445 g/mol. The number of nitrogens with one attached hydrogen (secondary N) is 1. The van der Waals surface area contributed by atoms with E-state index in [4.69, 9.17) is 4.74 Å². The summed E-state index contributed by atoms with van der Waals surface area (Å²) in [5.74, 6) is 0.532. The van der Waals surface area contributed by atoms with Crippen LogP contribution in [-0.4, -0.2) is 41.2 Å². The maximum absolute atomic E-state index is 12.5. The molecule has 0 radical (unpaired) electrons. The molecule has 1 aliphatic heterocycles. The van der Waals surface area contributed by atoms with Gasteiger partial charge >= 0.3 is 0 Å². The summed E-state index contributed by atoms with van der Waals surface area (Å²) in [5, 5.41) is 12.6. The molecule has 3 aromatic carbocycles. The standard InChI is InChI=1S/C28H32N2O3/c1-21(33-27-13-11-25(12-14-27)24-5-3-2-4-6-24)28(32)29-19-22-7-9-23(10-8-22)20-30-17-15-26(31)16-18-30/h2-14,21,26,31H,15-20H2,1H3,(H,29,32). The van der Waals surface area contributed by atoms with Gasteiger partial charge < -0.3 is 15.2 Å². The van der Waals surface area contributed by atoms with Crippen LogP contribution in [0.15, 0.2) is 78.9 Å². The smallest absolute Gasteiger partial charge is 0.261 e. The molecule has 5 nitrogen and oxygen atoms in total. The van der Waals surface area contributed by atoms with Crippen molar-refractivity contribution in [2.24, 2.45) is 0 Å². The summed E-state index contributed by atoms with van der Waals surface area (Å²) in [7, 11) is 0. The first-order chi connectivity index (χ1) is 16.1. The molecule has 2 N–H and O–H groups in total. The Labute approximate surface area is 196 Å². The molecule has 1 amide bonds. The van der Waals surface area contributed by atoms with E-state index in [1.165, 1.54) is 5.56 Å². The van der Waals surface area contributed by atoms with Crippen LogP contribution in [0.5, 0.6) is 5.75 Å². The molecular weight excluding hydrogens is 412 g/mol. The van der Waals surface area contributed by atoms with Crippen LogP contribution < -0.4 is 10.1 Å². The van der Waals surface area contributed by atoms with Crippen LogP contribution in [0.25, 0.3) is 11.1 Å². The van der Waals surface area contributed by atoms with E-state index >= 15 is 0 Å². The predicted molar refractivity (Wildman–Crippen MR) is 131 cm³/mol. The van der Waals surface area contributed by atoms with Crippen molar-refractivity contribution in [1.29, 1.82) is 0 Å². The van der Waals surface area contributed by atoms with E-state index in [9.17, 15) is 9.90 Å². The van der Waals surface area contributed by atoms with E-state index in [0.29, 0.717) is 12.3 Å². The third-order valence-electron chi connectivity index (χ3n) is 6.10. The SMILES string of the molecule is CC(Oc1ccc(-c2ccccc2)cc1)C(=O)NCc1ccc(CN2CCC(O)CC2)cc1. The van der Waals surface area contributed by atoms with Gasteiger partial charge in [-0.2, -0.15) is 0 Å². The van der Waals surface area contributed by atoms with Crippen molar-refractivity contribution >= 4 is 5.91 Å². The molecule has 1 heterocycles. The number of benzene rings is 3. The molecule has 4 rings (SSSR count). The summed E-state index contributed by atoms with van der Waals surface area (Å²) < 4.78 is 5.83. The number of carbonyl (C=O) groups is 1. The Bertz CT molecular complexity index is 1010. The first-order valence-electron chi connectivity index (χ1n) is 11.6. The largest absolute Gasteiger partial charge is 0.481 e. The zero-order valence-electron chi connectivity index (χ0n) is 19.1. The fourth-order valence-corrected chi connectivity index (χ4v) is 4.05. The Hall–Kier alpha value is -3.15. The lowest BCUT2D eigenvalue weighted by Gasteiger charge is -2.29. The molecule has 33 heavy (non-hydrogen) atoms. The van der Waals surface area contributed by atoms with Crippen LogP contribution in [0, 0.1) is 0 Å². The highest BCUT2D eigenvalue weighted by Gasteiger charge is 2.17. The van der Waals surface area contributed by atoms with Gasteiger partial charge in [-0.15, -0.1) is 0 Å². The molecule has 1 atom stereocenters. The summed E-state index contributed by atoms with van der Waals surface area (Å²) in [4.78, 5) is 14.9. The fraction of sp³-hybridized carbons (Fsp3) is 0.321. The van der Waals surface area contributed by atoms with E-state index in [1.807, 2.05) is 42.5 Å². The fourth-order valence-electron chi connectivity index (χ4n) is 4.05. The van der Waals surface area contributed by atoms with E-state index in [2.05, 4.69) is 46.6 Å². The minimum atomic E-state index is -0.582. The lowest BCUT2D eigenvalue weighted by atomic mass is 10.1. The Morgan fingerprint density at radius 2 is 1.55 bits per heavy atom. The lowest BCUT2D eigenvalue weighted by molar-refractivity contribution is -0.127. The summed E-state index contributed by atoms with van der Waals surface area (Å²) >= 11 is 0. The highest BCUT2D eigenvalue weighted by Crippen LogP contribution is 2.22. The molecule has 0 bridgehead atoms. The second-order valence-electron chi connectivity index (χ2n) is 8.69. The van der Waals surface area contributed by atoms with Gasteiger partial charge in [0.25, 0.3) is 5.91 Å². The number of carbonyl (C=O) groups excluding carboxylic acids is 1. The zero-order chi connectivity index (χ0) is 23.0. The van der Waals surface area contributed by atoms with Gasteiger partial charge in [-0.3, -0.25) is 9.69 Å². The molecule has 1 saturated heterocycles. The van der Waals surface area contributed by atoms with Gasteiger partial charge in [0.15, 0.2) is 6.10 Å². The number of likely N-dealkylation sites (tertiary alicyclic amines) is 1. The lowest BCUT2D eigenvalue weighted by Crippen LogP contribution is -2.36. The van der Waals surface area contributed by atoms with Crippen molar-refractivity contribution in [3.8, 4) is 16.9 Å². The van der Waals surface area contributed by atoms with Crippen molar-refractivity contribution in [1.82, 2.24) is 10.2 Å². The first kappa shape index (κ1) is 23.0. The molecule has 3 aromatic rings. The van der Waals surface area contributed by atoms with Gasteiger partial charge in [0, 0.05) is 26.2 Å². The summed E-state index contributed by atoms with van der Waals surface area (Å²) in [5.41, 5.74) is 4.56. The Balaban J connectivity index is 1.23. The minimum absolute atomic E-state index is 0.141. The third kappa shape index (κ3) is 6.67. The maximum atomic E-state index is 12.5. The van der Waals surface area contributed by atoms with Gasteiger partial charge in [0.05, 0.1) is 6.10 Å². The van der Waals surface area contributed by atoms with E-state index in [-0.39, 0.29) is 12.0 Å². The monoisotopic (exact) mass is 444 g/mol. The third-order valence-corrected chi connectivity index (χ3v) is 6.10. The Kier molecular flexibility index (Phi) is 7.76. The van der Waals surface area contributed by atoms with Gasteiger partial charge in [-0.1, -0.05) is 66.7 Å². The summed E-state index contributed by atoms with van der Waals surface area (Å²) in [6.07, 6.45) is 0.969. The topological polar surface area (TPSA) is 61.8 Å². The summed E-state index contributed by atoms with van der Waals surface area (Å²) in [6, 6.07) is 26.3.